The number of amides is 7. The molecule has 0 aliphatic carbocycles. The van der Waals surface area contributed by atoms with E-state index < -0.39 is 250 Å². The number of hydrogen-bond acceptors (Lipinski definition) is 28. The minimum Gasteiger partial charge on any atom is -0.508 e. The van der Waals surface area contributed by atoms with Crippen LogP contribution in [0.3, 0.4) is 0 Å². The summed E-state index contributed by atoms with van der Waals surface area (Å²) in [7, 11) is 1.49. The van der Waals surface area contributed by atoms with Crippen molar-refractivity contribution in [2.45, 2.75) is 207 Å². The molecule has 13 rings (SSSR count). The molecule has 110 heavy (non-hydrogen) atoms. The van der Waals surface area contributed by atoms with Crippen LogP contribution in [0.1, 0.15) is 131 Å². The molecule has 0 unspecified atom stereocenters. The van der Waals surface area contributed by atoms with E-state index in [1.807, 2.05) is 13.8 Å². The van der Waals surface area contributed by atoms with Crippen molar-refractivity contribution in [2.75, 3.05) is 13.7 Å². The lowest BCUT2D eigenvalue weighted by molar-refractivity contribution is -0.333. The lowest BCUT2D eigenvalue weighted by Gasteiger charge is -2.47. The number of nitrogens with two attached hydrogens (primary N) is 3. The Balaban J connectivity index is 1.18. The molecule has 8 aliphatic rings. The van der Waals surface area contributed by atoms with Crippen LogP contribution in [-0.4, -0.2) is 215 Å². The summed E-state index contributed by atoms with van der Waals surface area (Å²) in [6.45, 7) is 10.2. The van der Waals surface area contributed by atoms with Crippen molar-refractivity contribution in [2.24, 2.45) is 23.1 Å². The molecule has 36 nitrogen and oxygen atoms in total. The van der Waals surface area contributed by atoms with Gasteiger partial charge < -0.3 is 143 Å². The van der Waals surface area contributed by atoms with Crippen LogP contribution in [0, 0.1) is 12.8 Å². The predicted octanol–water partition coefficient (Wildman–Crippen LogP) is -0.655. The molecule has 0 radical (unpaired) electrons. The molecule has 7 amide bonds. The number of hydrogen-bond donors (Lipinski definition) is 20. The van der Waals surface area contributed by atoms with Crippen molar-refractivity contribution >= 4 is 47.3 Å². The van der Waals surface area contributed by atoms with Gasteiger partial charge in [0.05, 0.1) is 43.5 Å². The number of phenols is 3. The zero-order valence-electron chi connectivity index (χ0n) is 61.0. The molecular formula is C74H92N10O26. The second kappa shape index (κ2) is 32.6. The van der Waals surface area contributed by atoms with Gasteiger partial charge in [0.2, 0.25) is 53.4 Å². The number of primary amides is 1. The lowest BCUT2D eigenvalue weighted by atomic mass is 9.86. The average molecular weight is 1540 g/mol. The highest BCUT2D eigenvalue weighted by atomic mass is 16.8. The number of aromatic hydroxyl groups is 3. The second-order valence-corrected chi connectivity index (χ2v) is 29.5. The minimum absolute atomic E-state index is 0.0115. The number of likely N-dealkylation sites (N-methyl/N-ethyl adjacent to an activating group) is 1. The highest BCUT2D eigenvalue weighted by molar-refractivity contribution is 6.00. The first-order chi connectivity index (χ1) is 51.8. The lowest BCUT2D eigenvalue weighted by Crippen LogP contribution is -2.64. The quantitative estimate of drug-likeness (QED) is 0.0619. The molecule has 36 heteroatoms. The highest BCUT2D eigenvalue weighted by Crippen LogP contribution is 2.49. The number of carboxylic acids is 1. The van der Waals surface area contributed by atoms with Crippen molar-refractivity contribution < 1.29 is 127 Å². The smallest absolute Gasteiger partial charge is 0.330 e. The number of ether oxygens (including phenoxy) is 8. The summed E-state index contributed by atoms with van der Waals surface area (Å²) >= 11 is 0. The van der Waals surface area contributed by atoms with Gasteiger partial charge in [0, 0.05) is 46.7 Å². The number of nitrogens with one attached hydrogen (secondary N) is 7. The molecule has 22 atom stereocenters. The van der Waals surface area contributed by atoms with Gasteiger partial charge in [0.15, 0.2) is 36.2 Å². The predicted molar refractivity (Wildman–Crippen MR) is 380 cm³/mol. The van der Waals surface area contributed by atoms with Crippen molar-refractivity contribution in [1.29, 1.82) is 0 Å². The summed E-state index contributed by atoms with van der Waals surface area (Å²) < 4.78 is 52.0. The minimum atomic E-state index is -2.31. The summed E-state index contributed by atoms with van der Waals surface area (Å²) in [5, 5.41) is 133. The topological polar surface area (TPSA) is 575 Å². The maximum absolute atomic E-state index is 16.4. The average Bonchev–Trinajstić information content (AvgIpc) is 0.766. The van der Waals surface area contributed by atoms with Crippen LogP contribution in [0.2, 0.25) is 0 Å². The van der Waals surface area contributed by atoms with E-state index in [4.69, 9.17) is 55.1 Å². The Morgan fingerprint density at radius 3 is 1.86 bits per heavy atom. The first-order valence-electron chi connectivity index (χ1n) is 35.5. The van der Waals surface area contributed by atoms with Gasteiger partial charge in [-0.3, -0.25) is 33.6 Å². The third-order valence-electron chi connectivity index (χ3n) is 20.3. The largest absolute Gasteiger partial charge is 0.508 e. The fourth-order valence-corrected chi connectivity index (χ4v) is 14.4. The first-order valence-corrected chi connectivity index (χ1v) is 35.5. The van der Waals surface area contributed by atoms with Crippen molar-refractivity contribution in [3.8, 4) is 57.1 Å². The summed E-state index contributed by atoms with van der Waals surface area (Å²) in [6, 6.07) is 2.38. The fourth-order valence-electron chi connectivity index (χ4n) is 14.4. The normalized spacial score (nSPS) is 32.2. The van der Waals surface area contributed by atoms with E-state index >= 15 is 19.2 Å². The SMILES string of the molecule is CN[C@H](CC(C)C)C(=O)N[C@H]1C(=O)N[C@@H](CC(N)=O)C(=O)N[C@H]2C(=O)N[C@H]3C(=O)N[C@H](C(=O)N[C@H](C(=O)O)c4cc(O)cc(O)c4-c4cc3ccc4O)[C@H](O[C@H]3C[C@](C)(N)[C@@H](O)[C@H](C)O3)c3ccc(c(C)c3)Oc3cc2cc(c3O[C@@H]2O[C@H](CO)[C@@H](O)[C@H](O)[C@H]2O[C@H]2C[C@](C)(N)[C@@H](O)[C@H](C)O2)Oc2ccc(cc2)[C@H]1O. The van der Waals surface area contributed by atoms with E-state index in [0.29, 0.717) is 0 Å². The van der Waals surface area contributed by atoms with E-state index in [1.165, 1.54) is 84.1 Å². The Labute approximate surface area is 629 Å². The Morgan fingerprint density at radius 1 is 0.664 bits per heavy atom. The van der Waals surface area contributed by atoms with Crippen molar-refractivity contribution in [1.82, 2.24) is 37.2 Å². The molecule has 11 bridgehead atoms. The number of aryl methyl sites for hydroxylation is 1. The zero-order valence-corrected chi connectivity index (χ0v) is 61.0. The third-order valence-corrected chi connectivity index (χ3v) is 20.3. The van der Waals surface area contributed by atoms with Gasteiger partial charge in [-0.1, -0.05) is 38.1 Å². The van der Waals surface area contributed by atoms with E-state index in [0.717, 1.165) is 42.5 Å². The Morgan fingerprint density at radius 2 is 1.26 bits per heavy atom. The van der Waals surface area contributed by atoms with Crippen molar-refractivity contribution in [3.63, 3.8) is 0 Å². The van der Waals surface area contributed by atoms with Gasteiger partial charge >= 0.3 is 5.97 Å². The molecule has 0 spiro atoms. The standard InChI is InChI=1S/C74H92N10O26/c1-28(2)17-40(78-8)65(95)83-55-57(90)32-9-13-37(14-10-32)105-45-20-35-21-46(61(45)110-72-62(59(92)58(91)47(27-85)107-72)109-50-26-74(7,77)64(94)31(5)104-50)106-44-16-12-34(18-29(44)3)60(108-49-25-73(6,76)63(93)30(4)103-49)56-70(100)82-54(71(101)102)39-22-36(86)23-43(88)51(39)38-19-33(11-15-42(38)87)52(67(97)84-56)81-68(98)53(35)80-66(96)41(24-48(75)89)79-69(55)99/h9-16,18-23,28,30-31,40-41,47,49-50,52-60,62-64,72,78,85-88,90-94H,17,24-27,76-77H2,1-8H3,(H2,75,89)(H,79,99)(H,80,96)(H,81,98)(H,82,100)(H,83,95)(H,84,97)(H,101,102)/t30-,31-,40+,41-,47+,49-,50-,52+,53+,54-,55+,56-,57+,58+,59-,60+,62+,63-,64-,72-,73-,74-/m0/s1. The van der Waals surface area contributed by atoms with Gasteiger partial charge in [-0.15, -0.1) is 0 Å². The maximum atomic E-state index is 16.4. The van der Waals surface area contributed by atoms with Crippen LogP contribution in [0.5, 0.6) is 46.0 Å². The molecule has 8 aliphatic heterocycles. The molecule has 594 valence electrons. The molecular weight excluding hydrogens is 1440 g/mol. The molecule has 3 fully saturated rings. The van der Waals surface area contributed by atoms with Crippen LogP contribution in [-0.2, 0) is 62.0 Å². The summed E-state index contributed by atoms with van der Waals surface area (Å²) in [5.74, 6) is -14.8. The molecule has 23 N–H and O–H groups in total. The van der Waals surface area contributed by atoms with E-state index in [2.05, 4.69) is 37.2 Å². The third kappa shape index (κ3) is 17.2. The number of phenolic OH excluding ortho intramolecular Hbond substituents is 3. The Kier molecular flexibility index (Phi) is 24.0. The summed E-state index contributed by atoms with van der Waals surface area (Å²) in [5.41, 5.74) is 14.0. The summed E-state index contributed by atoms with van der Waals surface area (Å²) in [4.78, 5) is 120. The zero-order chi connectivity index (χ0) is 80.0. The number of rotatable bonds is 15. The van der Waals surface area contributed by atoms with Gasteiger partial charge in [0.1, 0.15) is 89.5 Å². The summed E-state index contributed by atoms with van der Waals surface area (Å²) in [6.07, 6.45) is -22.0. The molecule has 0 saturated carbocycles. The number of carbonyl (C=O) groups excluding carboxylic acids is 7. The number of carbonyl (C=O) groups is 8. The Hall–Kier alpha value is -9.90. The van der Waals surface area contributed by atoms with Crippen LogP contribution < -0.4 is 68.6 Å². The molecule has 0 aromatic heterocycles. The van der Waals surface area contributed by atoms with Crippen molar-refractivity contribution in [3.05, 3.63) is 118 Å². The molecule has 3 saturated heterocycles. The van der Waals surface area contributed by atoms with Crippen LogP contribution in [0.15, 0.2) is 84.9 Å². The van der Waals surface area contributed by atoms with Crippen LogP contribution in [0.25, 0.3) is 11.1 Å². The maximum Gasteiger partial charge on any atom is 0.330 e. The number of benzene rings is 5. The number of fused-ring (bicyclic) bond motifs is 15. The number of aliphatic hydroxyl groups is 6. The van der Waals surface area contributed by atoms with Gasteiger partial charge in [-0.05, 0) is 136 Å². The number of aliphatic hydroxyl groups excluding tert-OH is 6. The van der Waals surface area contributed by atoms with Gasteiger partial charge in [-0.2, -0.15) is 0 Å². The Bertz CT molecular complexity index is 4340. The van der Waals surface area contributed by atoms with Gasteiger partial charge in [-0.25, -0.2) is 4.79 Å². The number of aliphatic carboxylic acids is 1. The highest BCUT2D eigenvalue weighted by Gasteiger charge is 2.52. The molecule has 5 aromatic carbocycles. The van der Waals surface area contributed by atoms with Crippen LogP contribution in [0.4, 0.5) is 0 Å². The van der Waals surface area contributed by atoms with Crippen LogP contribution >= 0.6 is 0 Å². The molecule has 8 heterocycles. The van der Waals surface area contributed by atoms with E-state index in [9.17, 15) is 70.2 Å². The number of carboxylic acid groups (broad SMARTS) is 1. The molecule has 5 aromatic rings. The fraction of sp³-hybridized carbons (Fsp3) is 0.486. The monoisotopic (exact) mass is 1540 g/mol. The van der Waals surface area contributed by atoms with E-state index in [1.54, 1.807) is 0 Å². The first kappa shape index (κ1) is 81.1. The van der Waals surface area contributed by atoms with Gasteiger partial charge in [0.25, 0.3) is 0 Å². The van der Waals surface area contributed by atoms with E-state index in [-0.39, 0.29) is 58.9 Å². The second-order valence-electron chi connectivity index (χ2n) is 29.5.